The summed E-state index contributed by atoms with van der Waals surface area (Å²) in [5, 5.41) is 9.55. The number of nitrogens with two attached hydrogens (primary N) is 1. The molecule has 1 aromatic heterocycles. The second-order valence-electron chi connectivity index (χ2n) is 3.43. The van der Waals surface area contributed by atoms with E-state index in [4.69, 9.17) is 5.73 Å². The lowest BCUT2D eigenvalue weighted by Crippen LogP contribution is -2.07. The maximum atomic E-state index is 12.1. The maximum absolute atomic E-state index is 12.1. The third kappa shape index (κ3) is 2.29. The predicted molar refractivity (Wildman–Crippen MR) is 67.9 cm³/mol. The van der Waals surface area contributed by atoms with E-state index in [1.165, 1.54) is 12.3 Å². The lowest BCUT2D eigenvalue weighted by atomic mass is 10.1. The van der Waals surface area contributed by atoms with E-state index in [1.807, 2.05) is 0 Å². The predicted octanol–water partition coefficient (Wildman–Crippen LogP) is 2.36. The second-order valence-corrected chi connectivity index (χ2v) is 4.35. The van der Waals surface area contributed by atoms with Crippen LogP contribution in [-0.4, -0.2) is 15.9 Å². The third-order valence-electron chi connectivity index (χ3n) is 2.27. The first-order valence-corrected chi connectivity index (χ1v) is 5.62. The van der Waals surface area contributed by atoms with Crippen LogP contribution in [0.2, 0.25) is 0 Å². The average molecular weight is 293 g/mol. The van der Waals surface area contributed by atoms with Gasteiger partial charge < -0.3 is 10.8 Å². The Morgan fingerprint density at radius 3 is 2.76 bits per heavy atom. The van der Waals surface area contributed by atoms with Crippen LogP contribution in [0.4, 0.5) is 5.69 Å². The molecule has 0 aliphatic rings. The van der Waals surface area contributed by atoms with Crippen LogP contribution in [0.3, 0.4) is 0 Å². The summed E-state index contributed by atoms with van der Waals surface area (Å²) in [4.78, 5) is 16.1. The van der Waals surface area contributed by atoms with Crippen LogP contribution >= 0.6 is 15.9 Å². The highest BCUT2D eigenvalue weighted by Gasteiger charge is 2.16. The Bertz CT molecular complexity index is 570. The number of benzene rings is 1. The van der Waals surface area contributed by atoms with E-state index >= 15 is 0 Å². The topological polar surface area (TPSA) is 76.2 Å². The number of hydrogen-bond acceptors (Lipinski definition) is 4. The molecule has 17 heavy (non-hydrogen) atoms. The standard InChI is InChI=1S/C12H9BrN2O2/c13-7-5-8(11(14)10(16)6-7)12(17)9-3-1-2-4-15-9/h1-6,16H,14H2. The third-order valence-corrected chi connectivity index (χ3v) is 2.72. The van der Waals surface area contributed by atoms with Crippen molar-refractivity contribution in [1.29, 1.82) is 0 Å². The summed E-state index contributed by atoms with van der Waals surface area (Å²) < 4.78 is 0.587. The molecule has 0 spiro atoms. The first-order valence-electron chi connectivity index (χ1n) is 4.83. The molecule has 1 aromatic carbocycles. The van der Waals surface area contributed by atoms with Crippen LogP contribution in [-0.2, 0) is 0 Å². The van der Waals surface area contributed by atoms with Crippen molar-refractivity contribution in [2.24, 2.45) is 0 Å². The monoisotopic (exact) mass is 292 g/mol. The molecule has 3 N–H and O–H groups in total. The minimum Gasteiger partial charge on any atom is -0.506 e. The molecule has 1 heterocycles. The fourth-order valence-corrected chi connectivity index (χ4v) is 1.87. The van der Waals surface area contributed by atoms with Gasteiger partial charge in [-0.05, 0) is 24.3 Å². The van der Waals surface area contributed by atoms with Gasteiger partial charge >= 0.3 is 0 Å². The molecule has 0 fully saturated rings. The molecule has 0 unspecified atom stereocenters. The van der Waals surface area contributed by atoms with E-state index in [2.05, 4.69) is 20.9 Å². The number of carbonyl (C=O) groups excluding carboxylic acids is 1. The van der Waals surface area contributed by atoms with E-state index in [0.29, 0.717) is 4.47 Å². The summed E-state index contributed by atoms with van der Waals surface area (Å²) in [6.07, 6.45) is 1.53. The van der Waals surface area contributed by atoms with Crippen molar-refractivity contribution in [1.82, 2.24) is 4.98 Å². The van der Waals surface area contributed by atoms with Gasteiger partial charge in [-0.25, -0.2) is 0 Å². The molecular weight excluding hydrogens is 284 g/mol. The van der Waals surface area contributed by atoms with Crippen LogP contribution in [0, 0.1) is 0 Å². The van der Waals surface area contributed by atoms with Crippen LogP contribution in [0.25, 0.3) is 0 Å². The van der Waals surface area contributed by atoms with Crippen molar-refractivity contribution in [3.8, 4) is 5.75 Å². The van der Waals surface area contributed by atoms with Gasteiger partial charge in [0.25, 0.3) is 0 Å². The Kier molecular flexibility index (Phi) is 3.10. The number of hydrogen-bond donors (Lipinski definition) is 2. The van der Waals surface area contributed by atoms with Gasteiger partial charge in [0.05, 0.1) is 11.3 Å². The lowest BCUT2D eigenvalue weighted by molar-refractivity contribution is 0.103. The first kappa shape index (κ1) is 11.6. The maximum Gasteiger partial charge on any atom is 0.213 e. The van der Waals surface area contributed by atoms with E-state index in [1.54, 1.807) is 24.3 Å². The molecule has 0 bridgehead atoms. The van der Waals surface area contributed by atoms with Gasteiger partial charge in [-0.15, -0.1) is 0 Å². The number of carbonyl (C=O) groups is 1. The van der Waals surface area contributed by atoms with Gasteiger partial charge in [0.1, 0.15) is 11.4 Å². The Morgan fingerprint density at radius 1 is 1.35 bits per heavy atom. The van der Waals surface area contributed by atoms with E-state index in [-0.39, 0.29) is 28.5 Å². The number of halogens is 1. The summed E-state index contributed by atoms with van der Waals surface area (Å²) in [5.74, 6) is -0.446. The smallest absolute Gasteiger partial charge is 0.213 e. The number of phenolic OH excluding ortho intramolecular Hbond substituents is 1. The Hall–Kier alpha value is -1.88. The molecule has 0 atom stereocenters. The van der Waals surface area contributed by atoms with Gasteiger partial charge in [-0.3, -0.25) is 9.78 Å². The number of rotatable bonds is 2. The van der Waals surface area contributed by atoms with Gasteiger partial charge in [0.2, 0.25) is 5.78 Å². The normalized spacial score (nSPS) is 10.2. The van der Waals surface area contributed by atoms with Gasteiger partial charge in [-0.2, -0.15) is 0 Å². The summed E-state index contributed by atoms with van der Waals surface area (Å²) in [7, 11) is 0. The van der Waals surface area contributed by atoms with Crippen LogP contribution in [0.1, 0.15) is 16.1 Å². The summed E-state index contributed by atoms with van der Waals surface area (Å²) in [5.41, 5.74) is 6.25. The van der Waals surface area contributed by atoms with Crippen molar-refractivity contribution >= 4 is 27.4 Å². The summed E-state index contributed by atoms with van der Waals surface area (Å²) in [6, 6.07) is 8.03. The Labute approximate surface area is 106 Å². The Morgan fingerprint density at radius 2 is 2.12 bits per heavy atom. The number of aromatic nitrogens is 1. The second kappa shape index (κ2) is 4.55. The Balaban J connectivity index is 2.52. The molecule has 5 heteroatoms. The van der Waals surface area contributed by atoms with Crippen LogP contribution in [0.5, 0.6) is 5.75 Å². The molecule has 2 rings (SSSR count). The minimum atomic E-state index is -0.320. The molecule has 0 amide bonds. The van der Waals surface area contributed by atoms with Crippen LogP contribution < -0.4 is 5.73 Å². The molecule has 86 valence electrons. The number of ketones is 1. The zero-order chi connectivity index (χ0) is 12.4. The van der Waals surface area contributed by atoms with E-state index in [0.717, 1.165) is 0 Å². The van der Waals surface area contributed by atoms with Gasteiger partial charge in [-0.1, -0.05) is 22.0 Å². The highest BCUT2D eigenvalue weighted by Crippen LogP contribution is 2.30. The summed E-state index contributed by atoms with van der Waals surface area (Å²) in [6.45, 7) is 0. The average Bonchev–Trinajstić information content (AvgIpc) is 2.34. The molecule has 4 nitrogen and oxygen atoms in total. The van der Waals surface area contributed by atoms with Crippen molar-refractivity contribution in [2.45, 2.75) is 0 Å². The van der Waals surface area contributed by atoms with Crippen molar-refractivity contribution in [2.75, 3.05) is 5.73 Å². The SMILES string of the molecule is Nc1c(O)cc(Br)cc1C(=O)c1ccccn1. The minimum absolute atomic E-state index is 0.0591. The zero-order valence-corrected chi connectivity index (χ0v) is 10.3. The number of phenols is 1. The molecule has 0 radical (unpaired) electrons. The van der Waals surface area contributed by atoms with Crippen molar-refractivity contribution < 1.29 is 9.90 Å². The molecule has 2 aromatic rings. The lowest BCUT2D eigenvalue weighted by Gasteiger charge is -2.07. The molecule has 0 aliphatic heterocycles. The van der Waals surface area contributed by atoms with Crippen molar-refractivity contribution in [3.63, 3.8) is 0 Å². The number of nitrogen functional groups attached to an aromatic ring is 1. The number of pyridine rings is 1. The number of nitrogens with zero attached hydrogens (tertiary/aromatic N) is 1. The zero-order valence-electron chi connectivity index (χ0n) is 8.72. The first-order chi connectivity index (χ1) is 8.09. The van der Waals surface area contributed by atoms with E-state index < -0.39 is 0 Å². The fourth-order valence-electron chi connectivity index (χ4n) is 1.43. The molecule has 0 saturated carbocycles. The summed E-state index contributed by atoms with van der Waals surface area (Å²) >= 11 is 3.20. The van der Waals surface area contributed by atoms with Crippen LogP contribution in [0.15, 0.2) is 41.0 Å². The highest BCUT2D eigenvalue weighted by molar-refractivity contribution is 9.10. The van der Waals surface area contributed by atoms with Gasteiger partial charge in [0.15, 0.2) is 0 Å². The fraction of sp³-hybridized carbons (Fsp3) is 0. The van der Waals surface area contributed by atoms with E-state index in [9.17, 15) is 9.90 Å². The van der Waals surface area contributed by atoms with Gasteiger partial charge in [0, 0.05) is 10.7 Å². The molecule has 0 saturated heterocycles. The number of anilines is 1. The van der Waals surface area contributed by atoms with Crippen molar-refractivity contribution in [3.05, 3.63) is 52.3 Å². The quantitative estimate of drug-likeness (QED) is 0.506. The highest BCUT2D eigenvalue weighted by atomic mass is 79.9. The molecule has 0 aliphatic carbocycles. The largest absolute Gasteiger partial charge is 0.506 e. The molecular formula is C12H9BrN2O2. The number of aromatic hydroxyl groups is 1.